The fourth-order valence-corrected chi connectivity index (χ4v) is 3.58. The van der Waals surface area contributed by atoms with Gasteiger partial charge in [-0.3, -0.25) is 14.5 Å². The standard InChI is InChI=1S/C25H31N3O4/c1-2-3-5-10-22(28-17-15-27(16-18-28)20-8-6-4-7-9-20)23-12-11-21(32-23)19-31-25(30)14-13-24(26)29/h4,6-9,11-12,22H,2-3,13-19H2,1H3,(H2,26,29). The molecule has 2 aromatic rings. The van der Waals surface area contributed by atoms with Gasteiger partial charge in [-0.2, -0.15) is 0 Å². The maximum Gasteiger partial charge on any atom is 0.306 e. The molecular formula is C25H31N3O4. The molecule has 0 radical (unpaired) electrons. The Bertz CT molecular complexity index is 937. The number of hydrogen-bond acceptors (Lipinski definition) is 6. The highest BCUT2D eigenvalue weighted by molar-refractivity contribution is 5.79. The molecule has 3 rings (SSSR count). The van der Waals surface area contributed by atoms with Gasteiger partial charge in [-0.25, -0.2) is 0 Å². The number of rotatable bonds is 9. The lowest BCUT2D eigenvalue weighted by Crippen LogP contribution is -2.47. The normalized spacial score (nSPS) is 15.0. The van der Waals surface area contributed by atoms with Crippen LogP contribution in [0, 0.1) is 11.8 Å². The molecule has 1 aromatic carbocycles. The zero-order chi connectivity index (χ0) is 22.8. The molecule has 0 spiro atoms. The Kier molecular flexibility index (Phi) is 8.76. The second-order valence-corrected chi connectivity index (χ2v) is 7.76. The summed E-state index contributed by atoms with van der Waals surface area (Å²) in [6, 6.07) is 14.0. The van der Waals surface area contributed by atoms with E-state index in [1.807, 2.05) is 18.2 Å². The topological polar surface area (TPSA) is 89.0 Å². The van der Waals surface area contributed by atoms with E-state index >= 15 is 0 Å². The number of amides is 1. The quantitative estimate of drug-likeness (QED) is 0.479. The van der Waals surface area contributed by atoms with Crippen LogP contribution in [0.4, 0.5) is 5.69 Å². The first kappa shape index (κ1) is 23.4. The van der Waals surface area contributed by atoms with Crippen LogP contribution >= 0.6 is 0 Å². The van der Waals surface area contributed by atoms with Crippen LogP contribution in [-0.2, 0) is 20.9 Å². The van der Waals surface area contributed by atoms with E-state index in [0.29, 0.717) is 5.76 Å². The van der Waals surface area contributed by atoms with Crippen molar-refractivity contribution in [1.29, 1.82) is 0 Å². The number of piperazine rings is 1. The fourth-order valence-electron chi connectivity index (χ4n) is 3.58. The first-order chi connectivity index (χ1) is 15.6. The van der Waals surface area contributed by atoms with E-state index in [1.54, 1.807) is 0 Å². The smallest absolute Gasteiger partial charge is 0.306 e. The SMILES string of the molecule is CCCC#CC(c1ccc(COC(=O)CCC(N)=O)o1)N1CCN(c2ccccc2)CC1. The number of hydrogen-bond donors (Lipinski definition) is 1. The highest BCUT2D eigenvalue weighted by atomic mass is 16.5. The van der Waals surface area contributed by atoms with Crippen LogP contribution in [0.25, 0.3) is 0 Å². The predicted molar refractivity (Wildman–Crippen MR) is 123 cm³/mol. The van der Waals surface area contributed by atoms with Gasteiger partial charge >= 0.3 is 5.97 Å². The average Bonchev–Trinajstić information content (AvgIpc) is 3.28. The minimum atomic E-state index is -0.525. The molecule has 1 aliphatic heterocycles. The highest BCUT2D eigenvalue weighted by Gasteiger charge is 2.26. The third-order valence-corrected chi connectivity index (χ3v) is 5.32. The second-order valence-electron chi connectivity index (χ2n) is 7.76. The lowest BCUT2D eigenvalue weighted by atomic mass is 10.1. The molecule has 32 heavy (non-hydrogen) atoms. The van der Waals surface area contributed by atoms with Gasteiger partial charge in [0.25, 0.3) is 0 Å². The molecule has 1 aromatic heterocycles. The molecule has 170 valence electrons. The van der Waals surface area contributed by atoms with Crippen molar-refractivity contribution in [2.24, 2.45) is 5.73 Å². The monoisotopic (exact) mass is 437 g/mol. The summed E-state index contributed by atoms with van der Waals surface area (Å²) in [5, 5.41) is 0. The molecular weight excluding hydrogens is 406 g/mol. The molecule has 1 saturated heterocycles. The van der Waals surface area contributed by atoms with Gasteiger partial charge < -0.3 is 19.8 Å². The lowest BCUT2D eigenvalue weighted by molar-refractivity contribution is -0.146. The van der Waals surface area contributed by atoms with Crippen molar-refractivity contribution in [3.63, 3.8) is 0 Å². The second kappa shape index (κ2) is 12.0. The molecule has 1 amide bonds. The summed E-state index contributed by atoms with van der Waals surface area (Å²) in [5.41, 5.74) is 6.30. The van der Waals surface area contributed by atoms with Gasteiger partial charge in [0.2, 0.25) is 5.91 Å². The number of unbranched alkanes of at least 4 members (excludes halogenated alkanes) is 1. The lowest BCUT2D eigenvalue weighted by Gasteiger charge is -2.38. The highest BCUT2D eigenvalue weighted by Crippen LogP contribution is 2.26. The molecule has 2 heterocycles. The number of furan rings is 1. The van der Waals surface area contributed by atoms with Crippen LogP contribution < -0.4 is 10.6 Å². The van der Waals surface area contributed by atoms with Gasteiger partial charge in [-0.1, -0.05) is 31.0 Å². The van der Waals surface area contributed by atoms with E-state index in [-0.39, 0.29) is 25.5 Å². The summed E-state index contributed by atoms with van der Waals surface area (Å²) in [6.07, 6.45) is 1.80. The van der Waals surface area contributed by atoms with Crippen LogP contribution in [-0.4, -0.2) is 43.0 Å². The first-order valence-corrected chi connectivity index (χ1v) is 11.1. The van der Waals surface area contributed by atoms with Gasteiger partial charge in [0.15, 0.2) is 0 Å². The zero-order valence-electron chi connectivity index (χ0n) is 18.6. The van der Waals surface area contributed by atoms with Crippen molar-refractivity contribution in [3.05, 3.63) is 54.0 Å². The van der Waals surface area contributed by atoms with Crippen LogP contribution in [0.15, 0.2) is 46.9 Å². The van der Waals surface area contributed by atoms with Crippen LogP contribution in [0.5, 0.6) is 0 Å². The van der Waals surface area contributed by atoms with E-state index in [9.17, 15) is 9.59 Å². The molecule has 0 saturated carbocycles. The number of ether oxygens (including phenoxy) is 1. The molecule has 7 heteroatoms. The van der Waals surface area contributed by atoms with Gasteiger partial charge in [0.05, 0.1) is 6.42 Å². The van der Waals surface area contributed by atoms with Crippen molar-refractivity contribution >= 4 is 17.6 Å². The number of carbonyl (C=O) groups excluding carboxylic acids is 2. The van der Waals surface area contributed by atoms with Crippen LogP contribution in [0.1, 0.15) is 50.2 Å². The molecule has 1 atom stereocenters. The van der Waals surface area contributed by atoms with Crippen molar-refractivity contribution < 1.29 is 18.7 Å². The fraction of sp³-hybridized carbons (Fsp3) is 0.440. The minimum absolute atomic E-state index is 0.0215. The Hall–Kier alpha value is -3.24. The Morgan fingerprint density at radius 3 is 2.53 bits per heavy atom. The van der Waals surface area contributed by atoms with Gasteiger partial charge in [0, 0.05) is 44.7 Å². The molecule has 1 aliphatic rings. The predicted octanol–water partition coefficient (Wildman–Crippen LogP) is 3.26. The van der Waals surface area contributed by atoms with Crippen molar-refractivity contribution in [2.75, 3.05) is 31.1 Å². The summed E-state index contributed by atoms with van der Waals surface area (Å²) in [7, 11) is 0. The third-order valence-electron chi connectivity index (χ3n) is 5.32. The first-order valence-electron chi connectivity index (χ1n) is 11.1. The van der Waals surface area contributed by atoms with Gasteiger partial charge in [0.1, 0.15) is 24.2 Å². The number of benzene rings is 1. The van der Waals surface area contributed by atoms with Crippen molar-refractivity contribution in [1.82, 2.24) is 4.90 Å². The molecule has 2 N–H and O–H groups in total. The van der Waals surface area contributed by atoms with E-state index in [0.717, 1.165) is 44.8 Å². The number of anilines is 1. The van der Waals surface area contributed by atoms with Crippen LogP contribution in [0.2, 0.25) is 0 Å². The zero-order valence-corrected chi connectivity index (χ0v) is 18.6. The summed E-state index contributed by atoms with van der Waals surface area (Å²) in [5.74, 6) is 6.95. The molecule has 0 bridgehead atoms. The molecule has 1 fully saturated rings. The number of primary amides is 1. The Morgan fingerprint density at radius 1 is 1.09 bits per heavy atom. The summed E-state index contributed by atoms with van der Waals surface area (Å²) >= 11 is 0. The van der Waals surface area contributed by atoms with Gasteiger partial charge in [-0.05, 0) is 30.7 Å². The van der Waals surface area contributed by atoms with E-state index < -0.39 is 11.9 Å². The Morgan fingerprint density at radius 2 is 1.84 bits per heavy atom. The summed E-state index contributed by atoms with van der Waals surface area (Å²) in [4.78, 5) is 27.2. The minimum Gasteiger partial charge on any atom is -0.460 e. The van der Waals surface area contributed by atoms with E-state index in [2.05, 4.69) is 52.8 Å². The maximum absolute atomic E-state index is 11.7. The largest absolute Gasteiger partial charge is 0.460 e. The molecule has 7 nitrogen and oxygen atoms in total. The number of para-hydroxylation sites is 1. The summed E-state index contributed by atoms with van der Waals surface area (Å²) < 4.78 is 11.2. The molecule has 0 aliphatic carbocycles. The third kappa shape index (κ3) is 6.89. The number of carbonyl (C=O) groups is 2. The van der Waals surface area contributed by atoms with Crippen molar-refractivity contribution in [2.45, 2.75) is 45.3 Å². The van der Waals surface area contributed by atoms with E-state index in [1.165, 1.54) is 5.69 Å². The number of nitrogens with zero attached hydrogens (tertiary/aromatic N) is 2. The van der Waals surface area contributed by atoms with Crippen molar-refractivity contribution in [3.8, 4) is 11.8 Å². The molecule has 1 unspecified atom stereocenters. The van der Waals surface area contributed by atoms with Gasteiger partial charge in [-0.15, -0.1) is 5.92 Å². The van der Waals surface area contributed by atoms with Crippen LogP contribution in [0.3, 0.4) is 0 Å². The van der Waals surface area contributed by atoms with E-state index in [4.69, 9.17) is 14.9 Å². The Balaban J connectivity index is 1.62. The number of nitrogens with two attached hydrogens (primary N) is 1. The summed E-state index contributed by atoms with van der Waals surface area (Å²) in [6.45, 7) is 5.72. The number of esters is 1. The Labute approximate surface area is 189 Å². The maximum atomic E-state index is 11.7. The average molecular weight is 438 g/mol.